The number of nitrogens with zero attached hydrogens (tertiary/aromatic N) is 1. The van der Waals surface area contributed by atoms with Crippen molar-refractivity contribution in [2.45, 2.75) is 26.3 Å². The molecular formula is C16H17ClFN2O+. The summed E-state index contributed by atoms with van der Waals surface area (Å²) >= 11 is 5.67. The molecule has 0 aliphatic carbocycles. The SMILES string of the molecule is CCCc1cc[n+](CC(=O)Nc2ccc(F)c(Cl)c2)cc1. The van der Waals surface area contributed by atoms with Crippen LogP contribution in [0.5, 0.6) is 0 Å². The van der Waals surface area contributed by atoms with Crippen LogP contribution in [0.3, 0.4) is 0 Å². The van der Waals surface area contributed by atoms with Gasteiger partial charge in [-0.25, -0.2) is 4.39 Å². The topological polar surface area (TPSA) is 33.0 Å². The standard InChI is InChI=1S/C16H16ClFN2O/c1-2-3-12-6-8-20(9-7-12)11-16(21)19-13-4-5-15(18)14(17)10-13/h4-10H,2-3,11H2,1H3/p+1. The van der Waals surface area contributed by atoms with Crippen molar-refractivity contribution < 1.29 is 13.8 Å². The molecule has 0 aliphatic heterocycles. The van der Waals surface area contributed by atoms with Crippen molar-refractivity contribution in [1.82, 2.24) is 0 Å². The molecule has 0 aliphatic rings. The third-order valence-electron chi connectivity index (χ3n) is 3.03. The van der Waals surface area contributed by atoms with Crippen LogP contribution in [-0.4, -0.2) is 5.91 Å². The summed E-state index contributed by atoms with van der Waals surface area (Å²) in [5, 5.41) is 2.68. The van der Waals surface area contributed by atoms with Crippen molar-refractivity contribution in [3.8, 4) is 0 Å². The normalized spacial score (nSPS) is 10.4. The van der Waals surface area contributed by atoms with Gasteiger partial charge in [-0.15, -0.1) is 0 Å². The maximum atomic E-state index is 13.0. The molecule has 2 rings (SSSR count). The third kappa shape index (κ3) is 4.53. The highest BCUT2D eigenvalue weighted by molar-refractivity contribution is 6.31. The minimum Gasteiger partial charge on any atom is -0.321 e. The van der Waals surface area contributed by atoms with E-state index in [0.717, 1.165) is 12.8 Å². The number of halogens is 2. The molecular weight excluding hydrogens is 291 g/mol. The molecule has 0 atom stereocenters. The average Bonchev–Trinajstić information content (AvgIpc) is 2.45. The van der Waals surface area contributed by atoms with E-state index in [1.807, 2.05) is 24.5 Å². The Balaban J connectivity index is 1.96. The molecule has 1 amide bonds. The van der Waals surface area contributed by atoms with Crippen LogP contribution >= 0.6 is 11.6 Å². The number of aromatic nitrogens is 1. The van der Waals surface area contributed by atoms with Gasteiger partial charge in [0, 0.05) is 17.8 Å². The van der Waals surface area contributed by atoms with Gasteiger partial charge >= 0.3 is 0 Å². The lowest BCUT2D eigenvalue weighted by Crippen LogP contribution is -2.39. The van der Waals surface area contributed by atoms with Crippen molar-refractivity contribution >= 4 is 23.2 Å². The van der Waals surface area contributed by atoms with Crippen LogP contribution in [0.2, 0.25) is 5.02 Å². The predicted molar refractivity (Wildman–Crippen MR) is 80.7 cm³/mol. The summed E-state index contributed by atoms with van der Waals surface area (Å²) in [7, 11) is 0. The van der Waals surface area contributed by atoms with E-state index in [0.29, 0.717) is 5.69 Å². The second-order valence-electron chi connectivity index (χ2n) is 4.81. The molecule has 1 heterocycles. The van der Waals surface area contributed by atoms with Gasteiger partial charge in [-0.1, -0.05) is 24.9 Å². The zero-order valence-electron chi connectivity index (χ0n) is 11.8. The monoisotopic (exact) mass is 307 g/mol. The second-order valence-corrected chi connectivity index (χ2v) is 5.21. The average molecular weight is 308 g/mol. The minimum absolute atomic E-state index is 0.00984. The highest BCUT2D eigenvalue weighted by Gasteiger charge is 2.10. The largest absolute Gasteiger partial charge is 0.321 e. The van der Waals surface area contributed by atoms with E-state index in [-0.39, 0.29) is 17.5 Å². The first-order valence-corrected chi connectivity index (χ1v) is 7.19. The number of nitrogens with one attached hydrogen (secondary N) is 1. The number of rotatable bonds is 5. The molecule has 1 N–H and O–H groups in total. The van der Waals surface area contributed by atoms with Crippen LogP contribution < -0.4 is 9.88 Å². The molecule has 3 nitrogen and oxygen atoms in total. The van der Waals surface area contributed by atoms with Crippen LogP contribution in [-0.2, 0) is 17.8 Å². The Kier molecular flexibility index (Phi) is 5.28. The van der Waals surface area contributed by atoms with Crippen molar-refractivity contribution in [3.63, 3.8) is 0 Å². The molecule has 21 heavy (non-hydrogen) atoms. The number of carbonyl (C=O) groups excluding carboxylic acids is 1. The Morgan fingerprint density at radius 3 is 2.62 bits per heavy atom. The zero-order valence-corrected chi connectivity index (χ0v) is 12.5. The molecule has 0 bridgehead atoms. The quantitative estimate of drug-likeness (QED) is 0.844. The fourth-order valence-corrected chi connectivity index (χ4v) is 2.17. The molecule has 0 fully saturated rings. The number of carbonyl (C=O) groups is 1. The number of benzene rings is 1. The van der Waals surface area contributed by atoms with Gasteiger partial charge in [-0.3, -0.25) is 4.79 Å². The van der Waals surface area contributed by atoms with Crippen LogP contribution in [0.1, 0.15) is 18.9 Å². The minimum atomic E-state index is -0.504. The maximum absolute atomic E-state index is 13.0. The summed E-state index contributed by atoms with van der Waals surface area (Å²) in [6, 6.07) is 8.11. The van der Waals surface area contributed by atoms with Crippen LogP contribution in [0, 0.1) is 5.82 Å². The second kappa shape index (κ2) is 7.18. The predicted octanol–water partition coefficient (Wildman–Crippen LogP) is 3.36. The lowest BCUT2D eigenvalue weighted by Gasteiger charge is -2.04. The number of hydrogen-bond donors (Lipinski definition) is 1. The van der Waals surface area contributed by atoms with Gasteiger partial charge in [-0.05, 0) is 30.2 Å². The van der Waals surface area contributed by atoms with Gasteiger partial charge in [-0.2, -0.15) is 4.57 Å². The number of anilines is 1. The van der Waals surface area contributed by atoms with Crippen molar-refractivity contribution in [2.75, 3.05) is 5.32 Å². The summed E-state index contributed by atoms with van der Waals surface area (Å²) in [5.74, 6) is -0.693. The number of aryl methyl sites for hydroxylation is 1. The van der Waals surface area contributed by atoms with E-state index in [1.165, 1.54) is 23.8 Å². The molecule has 2 aromatic rings. The summed E-state index contributed by atoms with van der Waals surface area (Å²) in [6.45, 7) is 2.32. The van der Waals surface area contributed by atoms with E-state index >= 15 is 0 Å². The molecule has 5 heteroatoms. The zero-order chi connectivity index (χ0) is 15.2. The molecule has 1 aromatic heterocycles. The van der Waals surface area contributed by atoms with Crippen molar-refractivity contribution in [1.29, 1.82) is 0 Å². The molecule has 0 unspecified atom stereocenters. The Morgan fingerprint density at radius 1 is 1.29 bits per heavy atom. The van der Waals surface area contributed by atoms with E-state index in [4.69, 9.17) is 11.6 Å². The van der Waals surface area contributed by atoms with E-state index in [9.17, 15) is 9.18 Å². The Morgan fingerprint density at radius 2 is 2.00 bits per heavy atom. The first kappa shape index (κ1) is 15.4. The smallest absolute Gasteiger partial charge is 0.290 e. The van der Waals surface area contributed by atoms with E-state index < -0.39 is 5.82 Å². The Hall–Kier alpha value is -1.94. The molecule has 0 saturated heterocycles. The Bertz CT molecular complexity index is 629. The Labute approximate surface area is 128 Å². The summed E-state index contributed by atoms with van der Waals surface area (Å²) in [6.07, 6.45) is 5.88. The summed E-state index contributed by atoms with van der Waals surface area (Å²) in [4.78, 5) is 11.9. The molecule has 1 aromatic carbocycles. The van der Waals surface area contributed by atoms with Gasteiger partial charge in [0.25, 0.3) is 5.91 Å². The van der Waals surface area contributed by atoms with E-state index in [2.05, 4.69) is 12.2 Å². The lowest BCUT2D eigenvalue weighted by molar-refractivity contribution is -0.684. The molecule has 0 radical (unpaired) electrons. The van der Waals surface area contributed by atoms with Gasteiger partial charge in [0.05, 0.1) is 5.02 Å². The molecule has 110 valence electrons. The number of hydrogen-bond acceptors (Lipinski definition) is 1. The van der Waals surface area contributed by atoms with Gasteiger partial charge in [0.1, 0.15) is 5.82 Å². The van der Waals surface area contributed by atoms with Gasteiger partial charge in [0.15, 0.2) is 12.4 Å². The number of amides is 1. The summed E-state index contributed by atoms with van der Waals surface area (Å²) in [5.41, 5.74) is 1.73. The molecule has 0 spiro atoms. The van der Waals surface area contributed by atoms with Crippen LogP contribution in [0.25, 0.3) is 0 Å². The lowest BCUT2D eigenvalue weighted by atomic mass is 10.2. The number of pyridine rings is 1. The van der Waals surface area contributed by atoms with Crippen molar-refractivity contribution in [3.05, 3.63) is 59.1 Å². The van der Waals surface area contributed by atoms with Gasteiger partial charge < -0.3 is 5.32 Å². The van der Waals surface area contributed by atoms with Crippen LogP contribution in [0.4, 0.5) is 10.1 Å². The van der Waals surface area contributed by atoms with Gasteiger partial charge in [0.2, 0.25) is 6.54 Å². The van der Waals surface area contributed by atoms with E-state index in [1.54, 1.807) is 4.57 Å². The fraction of sp³-hybridized carbons (Fsp3) is 0.250. The first-order chi connectivity index (χ1) is 10.1. The van der Waals surface area contributed by atoms with Crippen LogP contribution in [0.15, 0.2) is 42.7 Å². The fourth-order valence-electron chi connectivity index (χ4n) is 1.99. The summed E-state index contributed by atoms with van der Waals surface area (Å²) < 4.78 is 14.8. The highest BCUT2D eigenvalue weighted by Crippen LogP contribution is 2.19. The third-order valence-corrected chi connectivity index (χ3v) is 3.32. The highest BCUT2D eigenvalue weighted by atomic mass is 35.5. The maximum Gasteiger partial charge on any atom is 0.290 e. The molecule has 0 saturated carbocycles. The first-order valence-electron chi connectivity index (χ1n) is 6.81. The van der Waals surface area contributed by atoms with Crippen molar-refractivity contribution in [2.24, 2.45) is 0 Å².